The summed E-state index contributed by atoms with van der Waals surface area (Å²) in [5.41, 5.74) is 3.80. The summed E-state index contributed by atoms with van der Waals surface area (Å²) >= 11 is 0. The monoisotopic (exact) mass is 272 g/mol. The predicted octanol–water partition coefficient (Wildman–Crippen LogP) is 2.67. The van der Waals surface area contributed by atoms with E-state index in [2.05, 4.69) is 10.5 Å². The minimum absolute atomic E-state index is 0.293. The second kappa shape index (κ2) is 6.06. The van der Waals surface area contributed by atoms with Gasteiger partial charge < -0.3 is 9.15 Å². The van der Waals surface area contributed by atoms with E-state index in [0.29, 0.717) is 17.1 Å². The van der Waals surface area contributed by atoms with Crippen molar-refractivity contribution in [3.05, 3.63) is 53.0 Å². The molecule has 2 rings (SSSR count). The first-order chi connectivity index (χ1) is 9.60. The molecular formula is C15H16N2O3. The van der Waals surface area contributed by atoms with Crippen molar-refractivity contribution in [3.63, 3.8) is 0 Å². The van der Waals surface area contributed by atoms with Crippen molar-refractivity contribution < 1.29 is 13.9 Å². The maximum Gasteiger partial charge on any atom is 0.274 e. The molecule has 0 aliphatic rings. The van der Waals surface area contributed by atoms with E-state index in [1.807, 2.05) is 24.3 Å². The first kappa shape index (κ1) is 13.9. The Morgan fingerprint density at radius 3 is 2.80 bits per heavy atom. The molecule has 1 aromatic heterocycles. The molecule has 1 aromatic carbocycles. The number of amides is 1. The van der Waals surface area contributed by atoms with Crippen LogP contribution in [0.2, 0.25) is 0 Å². The highest BCUT2D eigenvalue weighted by atomic mass is 16.5. The fourth-order valence-electron chi connectivity index (χ4n) is 1.80. The minimum Gasteiger partial charge on any atom is -0.497 e. The van der Waals surface area contributed by atoms with E-state index < -0.39 is 0 Å². The number of hydrogen-bond donors (Lipinski definition) is 1. The van der Waals surface area contributed by atoms with Crippen LogP contribution in [0.15, 0.2) is 39.9 Å². The van der Waals surface area contributed by atoms with Gasteiger partial charge in [0.05, 0.1) is 18.9 Å². The van der Waals surface area contributed by atoms with Gasteiger partial charge in [-0.2, -0.15) is 5.10 Å². The number of nitrogens with zero attached hydrogens (tertiary/aromatic N) is 1. The van der Waals surface area contributed by atoms with Gasteiger partial charge in [0, 0.05) is 0 Å². The molecule has 0 radical (unpaired) electrons. The number of hydrazone groups is 1. The summed E-state index contributed by atoms with van der Waals surface area (Å²) in [6, 6.07) is 9.07. The molecule has 2 aromatic rings. The van der Waals surface area contributed by atoms with Crippen LogP contribution in [0.25, 0.3) is 0 Å². The van der Waals surface area contributed by atoms with Gasteiger partial charge in [0.2, 0.25) is 0 Å². The Kier molecular flexibility index (Phi) is 4.20. The smallest absolute Gasteiger partial charge is 0.274 e. The molecule has 5 nitrogen and oxygen atoms in total. The summed E-state index contributed by atoms with van der Waals surface area (Å²) in [7, 11) is 1.60. The Hall–Kier alpha value is -2.56. The van der Waals surface area contributed by atoms with Crippen LogP contribution in [-0.4, -0.2) is 19.2 Å². The number of nitrogens with one attached hydrogen (secondary N) is 1. The molecule has 0 unspecified atom stereocenters. The molecule has 0 saturated carbocycles. The summed E-state index contributed by atoms with van der Waals surface area (Å²) in [6.45, 7) is 3.54. The first-order valence-corrected chi connectivity index (χ1v) is 6.14. The van der Waals surface area contributed by atoms with Gasteiger partial charge in [-0.3, -0.25) is 4.79 Å². The number of rotatable bonds is 4. The molecule has 0 atom stereocenters. The average molecular weight is 272 g/mol. The maximum atomic E-state index is 11.9. The van der Waals surface area contributed by atoms with Crippen LogP contribution >= 0.6 is 0 Å². The third-order valence-corrected chi connectivity index (χ3v) is 2.76. The molecule has 0 bridgehead atoms. The van der Waals surface area contributed by atoms with Crippen molar-refractivity contribution in [1.29, 1.82) is 0 Å². The molecular weight excluding hydrogens is 256 g/mol. The van der Waals surface area contributed by atoms with Gasteiger partial charge in [-0.1, -0.05) is 12.1 Å². The van der Waals surface area contributed by atoms with Crippen molar-refractivity contribution in [2.45, 2.75) is 13.8 Å². The Morgan fingerprint density at radius 2 is 2.15 bits per heavy atom. The molecule has 0 aliphatic heterocycles. The summed E-state index contributed by atoms with van der Waals surface area (Å²) in [5.74, 6) is 1.72. The van der Waals surface area contributed by atoms with Crippen molar-refractivity contribution in [2.75, 3.05) is 7.11 Å². The quantitative estimate of drug-likeness (QED) is 0.687. The Balaban J connectivity index is 2.02. The Bertz CT molecular complexity index is 644. The average Bonchev–Trinajstić information content (AvgIpc) is 2.78. The van der Waals surface area contributed by atoms with E-state index >= 15 is 0 Å². The SMILES string of the molecule is COc1cccc(C=NNC(=O)c2cc(C)oc2C)c1. The highest BCUT2D eigenvalue weighted by Gasteiger charge is 2.12. The number of furan rings is 1. The molecule has 1 heterocycles. The van der Waals surface area contributed by atoms with Crippen molar-refractivity contribution >= 4 is 12.1 Å². The Morgan fingerprint density at radius 1 is 1.35 bits per heavy atom. The van der Waals surface area contributed by atoms with Gasteiger partial charge in [-0.05, 0) is 37.6 Å². The van der Waals surface area contributed by atoms with Crippen molar-refractivity contribution in [2.24, 2.45) is 5.10 Å². The Labute approximate surface area is 117 Å². The van der Waals surface area contributed by atoms with Gasteiger partial charge in [0.25, 0.3) is 5.91 Å². The van der Waals surface area contributed by atoms with Crippen LogP contribution in [0, 0.1) is 13.8 Å². The molecule has 1 amide bonds. The van der Waals surface area contributed by atoms with E-state index in [1.165, 1.54) is 0 Å². The van der Waals surface area contributed by atoms with Gasteiger partial charge in [-0.15, -0.1) is 0 Å². The highest BCUT2D eigenvalue weighted by molar-refractivity contribution is 5.95. The van der Waals surface area contributed by atoms with Crippen LogP contribution < -0.4 is 10.2 Å². The summed E-state index contributed by atoms with van der Waals surface area (Å²) in [4.78, 5) is 11.9. The van der Waals surface area contributed by atoms with E-state index in [4.69, 9.17) is 9.15 Å². The van der Waals surface area contributed by atoms with Crippen LogP contribution in [-0.2, 0) is 0 Å². The van der Waals surface area contributed by atoms with Crippen LogP contribution in [0.5, 0.6) is 5.75 Å². The number of aryl methyl sites for hydroxylation is 2. The zero-order chi connectivity index (χ0) is 14.5. The number of ether oxygens (including phenoxy) is 1. The number of methoxy groups -OCH3 is 1. The fourth-order valence-corrected chi connectivity index (χ4v) is 1.80. The number of carbonyl (C=O) groups is 1. The lowest BCUT2D eigenvalue weighted by Gasteiger charge is -2.00. The standard InChI is InChI=1S/C15H16N2O3/c1-10-7-14(11(2)20-10)15(18)17-16-9-12-5-4-6-13(8-12)19-3/h4-9H,1-3H3,(H,17,18). The zero-order valence-electron chi connectivity index (χ0n) is 11.6. The number of carbonyl (C=O) groups excluding carboxylic acids is 1. The van der Waals surface area contributed by atoms with Gasteiger partial charge in [0.1, 0.15) is 17.3 Å². The van der Waals surface area contributed by atoms with Gasteiger partial charge >= 0.3 is 0 Å². The lowest BCUT2D eigenvalue weighted by molar-refractivity contribution is 0.0953. The molecule has 20 heavy (non-hydrogen) atoms. The zero-order valence-corrected chi connectivity index (χ0v) is 11.6. The fraction of sp³-hybridized carbons (Fsp3) is 0.200. The first-order valence-electron chi connectivity index (χ1n) is 6.14. The van der Waals surface area contributed by atoms with Gasteiger partial charge in [0.15, 0.2) is 0 Å². The molecule has 104 valence electrons. The van der Waals surface area contributed by atoms with Crippen LogP contribution in [0.1, 0.15) is 27.4 Å². The molecule has 0 fully saturated rings. The van der Waals surface area contributed by atoms with E-state index in [-0.39, 0.29) is 5.91 Å². The van der Waals surface area contributed by atoms with E-state index in [9.17, 15) is 4.79 Å². The van der Waals surface area contributed by atoms with Gasteiger partial charge in [-0.25, -0.2) is 5.43 Å². The number of benzene rings is 1. The van der Waals surface area contributed by atoms with E-state index in [0.717, 1.165) is 11.3 Å². The van der Waals surface area contributed by atoms with Crippen LogP contribution in [0.3, 0.4) is 0 Å². The van der Waals surface area contributed by atoms with Crippen LogP contribution in [0.4, 0.5) is 0 Å². The lowest BCUT2D eigenvalue weighted by atomic mass is 10.2. The number of hydrogen-bond acceptors (Lipinski definition) is 4. The molecule has 0 aliphatic carbocycles. The topological polar surface area (TPSA) is 63.8 Å². The molecule has 5 heteroatoms. The molecule has 0 saturated heterocycles. The second-order valence-corrected chi connectivity index (χ2v) is 4.30. The molecule has 0 spiro atoms. The predicted molar refractivity (Wildman–Crippen MR) is 76.2 cm³/mol. The third kappa shape index (κ3) is 3.26. The summed E-state index contributed by atoms with van der Waals surface area (Å²) in [5, 5.41) is 3.92. The normalized spacial score (nSPS) is 10.8. The minimum atomic E-state index is -0.293. The second-order valence-electron chi connectivity index (χ2n) is 4.30. The van der Waals surface area contributed by atoms with E-state index in [1.54, 1.807) is 33.2 Å². The summed E-state index contributed by atoms with van der Waals surface area (Å²) < 4.78 is 10.4. The van der Waals surface area contributed by atoms with Crippen molar-refractivity contribution in [3.8, 4) is 5.75 Å². The lowest BCUT2D eigenvalue weighted by Crippen LogP contribution is -2.17. The van der Waals surface area contributed by atoms with Crippen molar-refractivity contribution in [1.82, 2.24) is 5.43 Å². The maximum absolute atomic E-state index is 11.9. The third-order valence-electron chi connectivity index (χ3n) is 2.76. The summed E-state index contributed by atoms with van der Waals surface area (Å²) in [6.07, 6.45) is 1.56. The largest absolute Gasteiger partial charge is 0.497 e. The highest BCUT2D eigenvalue weighted by Crippen LogP contribution is 2.13. The molecule has 1 N–H and O–H groups in total.